The summed E-state index contributed by atoms with van der Waals surface area (Å²) in [7, 11) is 0. The summed E-state index contributed by atoms with van der Waals surface area (Å²) >= 11 is 0. The number of hydrogen-bond donors (Lipinski definition) is 2. The monoisotopic (exact) mass is 240 g/mol. The molecule has 1 unspecified atom stereocenters. The van der Waals surface area contributed by atoms with Crippen LogP contribution in [0.1, 0.15) is 48.0 Å². The molecule has 1 heterocycles. The number of Topliss-reactive ketones (excluding diaryl/α,β-unsaturated/α-hetero) is 1. The van der Waals surface area contributed by atoms with E-state index in [2.05, 4.69) is 24.5 Å². The van der Waals surface area contributed by atoms with E-state index < -0.39 is 0 Å². The van der Waals surface area contributed by atoms with Gasteiger partial charge in [0.05, 0.1) is 6.04 Å². The molecule has 1 saturated heterocycles. The van der Waals surface area contributed by atoms with Crippen molar-refractivity contribution in [2.24, 2.45) is 10.8 Å². The highest BCUT2D eigenvalue weighted by atomic mass is 16.2. The predicted octanol–water partition coefficient (Wildman–Crippen LogP) is 2.09. The molecule has 0 spiro atoms. The van der Waals surface area contributed by atoms with Gasteiger partial charge in [0.1, 0.15) is 5.78 Å². The third-order valence-electron chi connectivity index (χ3n) is 4.58. The second-order valence-electron chi connectivity index (χ2n) is 6.28. The van der Waals surface area contributed by atoms with E-state index in [0.29, 0.717) is 0 Å². The van der Waals surface area contributed by atoms with Gasteiger partial charge in [-0.2, -0.15) is 0 Å². The number of hydrogen-bond acceptors (Lipinski definition) is 2. The quantitative estimate of drug-likeness (QED) is 0.790. The van der Waals surface area contributed by atoms with Crippen molar-refractivity contribution in [3.8, 4) is 0 Å². The molecule has 0 radical (unpaired) electrons. The number of carbonyl (C=O) groups excluding carboxylic acids is 2. The molecule has 2 N–H and O–H groups in total. The molecule has 17 heavy (non-hydrogen) atoms. The first-order valence-corrected chi connectivity index (χ1v) is 6.16. The van der Waals surface area contributed by atoms with E-state index in [1.807, 2.05) is 20.8 Å². The maximum Gasteiger partial charge on any atom is 0.315 e. The first-order valence-electron chi connectivity index (χ1n) is 6.16. The highest BCUT2D eigenvalue weighted by Crippen LogP contribution is 2.43. The Kier molecular flexibility index (Phi) is 3.55. The van der Waals surface area contributed by atoms with Crippen LogP contribution < -0.4 is 10.6 Å². The van der Waals surface area contributed by atoms with Crippen LogP contribution in [0.25, 0.3) is 0 Å². The van der Waals surface area contributed by atoms with Crippen molar-refractivity contribution in [3.05, 3.63) is 0 Å². The largest absolute Gasteiger partial charge is 0.334 e. The maximum absolute atomic E-state index is 11.7. The fourth-order valence-corrected chi connectivity index (χ4v) is 2.15. The Bertz CT molecular complexity index is 334. The van der Waals surface area contributed by atoms with Gasteiger partial charge in [-0.05, 0) is 25.7 Å². The molecule has 4 nitrogen and oxygen atoms in total. The van der Waals surface area contributed by atoms with Gasteiger partial charge in [0.2, 0.25) is 0 Å². The van der Waals surface area contributed by atoms with E-state index >= 15 is 0 Å². The molecular formula is C13H24N2O2. The lowest BCUT2D eigenvalue weighted by atomic mass is 9.62. The van der Waals surface area contributed by atoms with Gasteiger partial charge < -0.3 is 10.6 Å². The molecule has 1 rings (SSSR count). The normalized spacial score (nSPS) is 25.4. The molecular weight excluding hydrogens is 216 g/mol. The lowest BCUT2D eigenvalue weighted by molar-refractivity contribution is -0.131. The van der Waals surface area contributed by atoms with Crippen LogP contribution in [-0.4, -0.2) is 23.9 Å². The summed E-state index contributed by atoms with van der Waals surface area (Å²) in [5.74, 6) is 0.187. The molecule has 0 aliphatic carbocycles. The van der Waals surface area contributed by atoms with Crippen molar-refractivity contribution in [3.63, 3.8) is 0 Å². The van der Waals surface area contributed by atoms with Crippen LogP contribution in [0.2, 0.25) is 0 Å². The molecule has 0 aromatic heterocycles. The average Bonchev–Trinajstić information content (AvgIpc) is 2.43. The summed E-state index contributed by atoms with van der Waals surface area (Å²) in [6, 6.07) is 0.0968. The lowest BCUT2D eigenvalue weighted by Crippen LogP contribution is -2.44. The van der Waals surface area contributed by atoms with E-state index in [1.165, 1.54) is 0 Å². The Morgan fingerprint density at radius 1 is 1.24 bits per heavy atom. The van der Waals surface area contributed by atoms with E-state index in [0.717, 1.165) is 6.42 Å². The maximum atomic E-state index is 11.7. The minimum atomic E-state index is -0.389. The number of carbonyl (C=O) groups is 2. The average molecular weight is 240 g/mol. The van der Waals surface area contributed by atoms with Crippen molar-refractivity contribution in [2.75, 3.05) is 0 Å². The van der Waals surface area contributed by atoms with Crippen molar-refractivity contribution in [2.45, 2.75) is 60.0 Å². The Labute approximate surface area is 104 Å². The minimum absolute atomic E-state index is 0.0936. The second kappa shape index (κ2) is 4.31. The van der Waals surface area contributed by atoms with E-state index in [1.54, 1.807) is 6.92 Å². The summed E-state index contributed by atoms with van der Waals surface area (Å²) in [5, 5.41) is 5.74. The second-order valence-corrected chi connectivity index (χ2v) is 6.28. The highest BCUT2D eigenvalue weighted by Gasteiger charge is 2.44. The van der Waals surface area contributed by atoms with Crippen LogP contribution in [0.4, 0.5) is 4.79 Å². The van der Waals surface area contributed by atoms with E-state index in [9.17, 15) is 9.59 Å². The standard InChI is InChI=1S/C13H24N2O2/c1-8-10(15-11(17)14-8)7-12(3,4)13(5,6)9(2)16/h8,10H,7H2,1-6H3,(H2,14,15,17)/t8?,10-/m0/s1. The van der Waals surface area contributed by atoms with Crippen molar-refractivity contribution in [1.29, 1.82) is 0 Å². The summed E-state index contributed by atoms with van der Waals surface area (Å²) < 4.78 is 0. The van der Waals surface area contributed by atoms with Crippen molar-refractivity contribution in [1.82, 2.24) is 10.6 Å². The number of amides is 2. The van der Waals surface area contributed by atoms with Crippen LogP contribution in [-0.2, 0) is 4.79 Å². The molecule has 4 heteroatoms. The number of nitrogens with one attached hydrogen (secondary N) is 2. The number of ketones is 1. The zero-order chi connectivity index (χ0) is 13.4. The molecule has 0 aromatic carbocycles. The Balaban J connectivity index is 2.79. The molecule has 2 amide bonds. The third kappa shape index (κ3) is 2.61. The fourth-order valence-electron chi connectivity index (χ4n) is 2.15. The molecule has 0 bridgehead atoms. The molecule has 1 fully saturated rings. The minimum Gasteiger partial charge on any atom is -0.334 e. The predicted molar refractivity (Wildman–Crippen MR) is 67.8 cm³/mol. The fraction of sp³-hybridized carbons (Fsp3) is 0.846. The molecule has 1 aliphatic heterocycles. The molecule has 0 saturated carbocycles. The summed E-state index contributed by atoms with van der Waals surface area (Å²) in [6.45, 7) is 11.8. The summed E-state index contributed by atoms with van der Waals surface area (Å²) in [6.07, 6.45) is 0.791. The zero-order valence-corrected chi connectivity index (χ0v) is 11.7. The van der Waals surface area contributed by atoms with E-state index in [4.69, 9.17) is 0 Å². The summed E-state index contributed by atoms with van der Waals surface area (Å²) in [4.78, 5) is 23.0. The SMILES string of the molecule is CC(=O)C(C)(C)C(C)(C)C[C@@H]1NC(=O)NC1C. The van der Waals surface area contributed by atoms with Gasteiger partial charge in [0.25, 0.3) is 0 Å². The topological polar surface area (TPSA) is 58.2 Å². The smallest absolute Gasteiger partial charge is 0.315 e. The van der Waals surface area contributed by atoms with E-state index in [-0.39, 0.29) is 34.7 Å². The number of urea groups is 1. The first-order chi connectivity index (χ1) is 7.58. The van der Waals surface area contributed by atoms with Crippen molar-refractivity contribution < 1.29 is 9.59 Å². The van der Waals surface area contributed by atoms with Crippen molar-refractivity contribution >= 4 is 11.8 Å². The lowest BCUT2D eigenvalue weighted by Gasteiger charge is -2.41. The Morgan fingerprint density at radius 3 is 2.12 bits per heavy atom. The van der Waals surface area contributed by atoms with Gasteiger partial charge in [0, 0.05) is 11.5 Å². The highest BCUT2D eigenvalue weighted by molar-refractivity contribution is 5.82. The van der Waals surface area contributed by atoms with Gasteiger partial charge in [-0.3, -0.25) is 4.79 Å². The van der Waals surface area contributed by atoms with Gasteiger partial charge in [-0.1, -0.05) is 27.7 Å². The van der Waals surface area contributed by atoms with Crippen LogP contribution in [0, 0.1) is 10.8 Å². The Hall–Kier alpha value is -1.06. The summed E-state index contributed by atoms with van der Waals surface area (Å²) in [5.41, 5.74) is -0.545. The Morgan fingerprint density at radius 2 is 1.76 bits per heavy atom. The molecule has 0 aromatic rings. The van der Waals surface area contributed by atoms with Gasteiger partial charge >= 0.3 is 6.03 Å². The van der Waals surface area contributed by atoms with Gasteiger partial charge in [-0.25, -0.2) is 4.79 Å². The van der Waals surface area contributed by atoms with Gasteiger partial charge in [-0.15, -0.1) is 0 Å². The van der Waals surface area contributed by atoms with Gasteiger partial charge in [0.15, 0.2) is 0 Å². The number of rotatable bonds is 4. The van der Waals surface area contributed by atoms with Crippen LogP contribution in [0.3, 0.4) is 0 Å². The van der Waals surface area contributed by atoms with Crippen LogP contribution in [0.5, 0.6) is 0 Å². The van der Waals surface area contributed by atoms with Crippen LogP contribution in [0.15, 0.2) is 0 Å². The first kappa shape index (κ1) is 14.0. The zero-order valence-electron chi connectivity index (χ0n) is 11.7. The van der Waals surface area contributed by atoms with Crippen LogP contribution >= 0.6 is 0 Å². The molecule has 98 valence electrons. The molecule has 1 aliphatic rings. The molecule has 2 atom stereocenters. The third-order valence-corrected chi connectivity index (χ3v) is 4.58.